The third-order valence-electron chi connectivity index (χ3n) is 4.50. The average Bonchev–Trinajstić information content (AvgIpc) is 2.67. The quantitative estimate of drug-likeness (QED) is 0.735. The number of carbonyl (C=O) groups excluding carboxylic acids is 1. The summed E-state index contributed by atoms with van der Waals surface area (Å²) in [6.45, 7) is 5.34. The van der Waals surface area contributed by atoms with Crippen LogP contribution in [-0.4, -0.2) is 28.2 Å². The number of carbonyl (C=O) groups is 1. The topological polar surface area (TPSA) is 82.3 Å². The van der Waals surface area contributed by atoms with Crippen molar-refractivity contribution >= 4 is 16.8 Å². The number of rotatable bonds is 5. The van der Waals surface area contributed by atoms with Crippen LogP contribution in [0.25, 0.3) is 16.6 Å². The summed E-state index contributed by atoms with van der Waals surface area (Å²) < 4.78 is 7.64. The molecule has 0 fully saturated rings. The molecule has 1 atom stereocenters. The fourth-order valence-corrected chi connectivity index (χ4v) is 3.16. The Bertz CT molecular complexity index is 1140. The first kappa shape index (κ1) is 19.4. The Balaban J connectivity index is 2.34. The molecular formula is C21H23N3O4. The van der Waals surface area contributed by atoms with E-state index in [1.807, 2.05) is 13.8 Å². The van der Waals surface area contributed by atoms with Crippen molar-refractivity contribution in [2.45, 2.75) is 32.9 Å². The van der Waals surface area contributed by atoms with Crippen molar-refractivity contribution < 1.29 is 9.53 Å². The summed E-state index contributed by atoms with van der Waals surface area (Å²) in [5.74, 6) is 0.229. The maximum Gasteiger partial charge on any atom is 0.336 e. The van der Waals surface area contributed by atoms with E-state index in [1.165, 1.54) is 11.7 Å². The zero-order valence-corrected chi connectivity index (χ0v) is 16.3. The summed E-state index contributed by atoms with van der Waals surface area (Å²) in [6.07, 6.45) is 0. The van der Waals surface area contributed by atoms with Gasteiger partial charge in [-0.3, -0.25) is 14.2 Å². The standard InChI is InChI=1S/C21H23N3O4/c1-13(2)22-19(25)14(3)23-18-11-6-5-10-17(18)20(26)24(21(23)27)15-8-7-9-16(12-15)28-4/h5-14H,1-4H3,(H,22,25). The summed E-state index contributed by atoms with van der Waals surface area (Å²) in [5.41, 5.74) is -0.224. The third kappa shape index (κ3) is 3.43. The van der Waals surface area contributed by atoms with E-state index in [4.69, 9.17) is 4.74 Å². The fourth-order valence-electron chi connectivity index (χ4n) is 3.16. The van der Waals surface area contributed by atoms with Crippen molar-refractivity contribution in [2.24, 2.45) is 0 Å². The van der Waals surface area contributed by atoms with Crippen LogP contribution in [0.2, 0.25) is 0 Å². The van der Waals surface area contributed by atoms with Crippen molar-refractivity contribution in [3.63, 3.8) is 0 Å². The molecule has 0 aliphatic rings. The molecule has 1 N–H and O–H groups in total. The fraction of sp³-hybridized carbons (Fsp3) is 0.286. The van der Waals surface area contributed by atoms with Crippen LogP contribution in [0.4, 0.5) is 0 Å². The Kier molecular flexibility index (Phi) is 5.35. The number of nitrogens with zero attached hydrogens (tertiary/aromatic N) is 2. The van der Waals surface area contributed by atoms with Gasteiger partial charge in [0.05, 0.1) is 23.7 Å². The molecule has 0 aliphatic heterocycles. The average molecular weight is 381 g/mol. The second-order valence-corrected chi connectivity index (χ2v) is 6.85. The number of amides is 1. The third-order valence-corrected chi connectivity index (χ3v) is 4.50. The van der Waals surface area contributed by atoms with E-state index in [0.717, 1.165) is 4.57 Å². The second kappa shape index (κ2) is 7.72. The van der Waals surface area contributed by atoms with Crippen molar-refractivity contribution in [2.75, 3.05) is 7.11 Å². The maximum atomic E-state index is 13.3. The minimum absolute atomic E-state index is 0.0683. The Morgan fingerprint density at radius 1 is 1.04 bits per heavy atom. The minimum Gasteiger partial charge on any atom is -0.497 e. The first-order valence-corrected chi connectivity index (χ1v) is 9.06. The molecule has 1 aromatic heterocycles. The van der Waals surface area contributed by atoms with E-state index in [9.17, 15) is 14.4 Å². The zero-order valence-electron chi connectivity index (χ0n) is 16.3. The molecule has 0 saturated carbocycles. The molecule has 3 rings (SSSR count). The van der Waals surface area contributed by atoms with Crippen LogP contribution < -0.4 is 21.3 Å². The molecule has 1 amide bonds. The number of hydrogen-bond donors (Lipinski definition) is 1. The van der Waals surface area contributed by atoms with E-state index in [1.54, 1.807) is 55.5 Å². The number of hydrogen-bond acceptors (Lipinski definition) is 4. The van der Waals surface area contributed by atoms with Crippen LogP contribution in [0.1, 0.15) is 26.8 Å². The summed E-state index contributed by atoms with van der Waals surface area (Å²) >= 11 is 0. The predicted molar refractivity (Wildman–Crippen MR) is 108 cm³/mol. The molecule has 2 aromatic carbocycles. The lowest BCUT2D eigenvalue weighted by molar-refractivity contribution is -0.124. The minimum atomic E-state index is -0.794. The molecule has 7 nitrogen and oxygen atoms in total. The van der Waals surface area contributed by atoms with Gasteiger partial charge in [0.15, 0.2) is 0 Å². The Labute approximate surface area is 162 Å². The van der Waals surface area contributed by atoms with E-state index in [-0.39, 0.29) is 11.9 Å². The number of benzene rings is 2. The monoisotopic (exact) mass is 381 g/mol. The molecule has 0 spiro atoms. The van der Waals surface area contributed by atoms with Gasteiger partial charge in [0.25, 0.3) is 5.56 Å². The van der Waals surface area contributed by atoms with Crippen LogP contribution >= 0.6 is 0 Å². The van der Waals surface area contributed by atoms with Crippen molar-refractivity contribution in [1.29, 1.82) is 0 Å². The second-order valence-electron chi connectivity index (χ2n) is 6.85. The van der Waals surface area contributed by atoms with Crippen molar-refractivity contribution in [3.8, 4) is 11.4 Å². The van der Waals surface area contributed by atoms with Gasteiger partial charge in [-0.05, 0) is 45.0 Å². The summed E-state index contributed by atoms with van der Waals surface area (Å²) in [6, 6.07) is 12.6. The van der Waals surface area contributed by atoms with E-state index in [2.05, 4.69) is 5.32 Å². The largest absolute Gasteiger partial charge is 0.497 e. The highest BCUT2D eigenvalue weighted by atomic mass is 16.5. The lowest BCUT2D eigenvalue weighted by Crippen LogP contribution is -2.44. The van der Waals surface area contributed by atoms with Crippen molar-refractivity contribution in [3.05, 3.63) is 69.4 Å². The van der Waals surface area contributed by atoms with Gasteiger partial charge in [-0.25, -0.2) is 9.36 Å². The molecule has 28 heavy (non-hydrogen) atoms. The normalized spacial score (nSPS) is 12.2. The molecule has 146 valence electrons. The van der Waals surface area contributed by atoms with Crippen LogP contribution in [0.5, 0.6) is 5.75 Å². The van der Waals surface area contributed by atoms with Crippen LogP contribution in [0.3, 0.4) is 0 Å². The van der Waals surface area contributed by atoms with Gasteiger partial charge in [0.1, 0.15) is 11.8 Å². The predicted octanol–water partition coefficient (Wildman–Crippen LogP) is 2.25. The van der Waals surface area contributed by atoms with E-state index >= 15 is 0 Å². The molecule has 1 heterocycles. The van der Waals surface area contributed by atoms with E-state index in [0.29, 0.717) is 22.3 Å². The highest BCUT2D eigenvalue weighted by Crippen LogP contribution is 2.17. The number of nitrogens with one attached hydrogen (secondary N) is 1. The van der Waals surface area contributed by atoms with Gasteiger partial charge in [-0.1, -0.05) is 18.2 Å². The molecule has 0 bridgehead atoms. The Morgan fingerprint density at radius 3 is 2.43 bits per heavy atom. The van der Waals surface area contributed by atoms with Gasteiger partial charge in [0, 0.05) is 12.1 Å². The number of fused-ring (bicyclic) bond motifs is 1. The molecule has 0 aliphatic carbocycles. The van der Waals surface area contributed by atoms with Gasteiger partial charge < -0.3 is 10.1 Å². The van der Waals surface area contributed by atoms with Gasteiger partial charge in [0.2, 0.25) is 5.91 Å². The van der Waals surface area contributed by atoms with Crippen LogP contribution in [0, 0.1) is 0 Å². The van der Waals surface area contributed by atoms with Crippen molar-refractivity contribution in [1.82, 2.24) is 14.5 Å². The SMILES string of the molecule is COc1cccc(-n2c(=O)c3ccccc3n(C(C)C(=O)NC(C)C)c2=O)c1. The van der Waals surface area contributed by atoms with Gasteiger partial charge in [-0.15, -0.1) is 0 Å². The zero-order chi connectivity index (χ0) is 20.4. The number of ether oxygens (including phenoxy) is 1. The van der Waals surface area contributed by atoms with Crippen LogP contribution in [-0.2, 0) is 4.79 Å². The molecule has 1 unspecified atom stereocenters. The van der Waals surface area contributed by atoms with E-state index < -0.39 is 17.3 Å². The lowest BCUT2D eigenvalue weighted by atomic mass is 10.2. The lowest BCUT2D eigenvalue weighted by Gasteiger charge is -2.20. The first-order valence-electron chi connectivity index (χ1n) is 9.06. The highest BCUT2D eigenvalue weighted by Gasteiger charge is 2.23. The number of aromatic nitrogens is 2. The molecule has 0 radical (unpaired) electrons. The van der Waals surface area contributed by atoms with Gasteiger partial charge in [-0.2, -0.15) is 0 Å². The number of para-hydroxylation sites is 1. The number of methoxy groups -OCH3 is 1. The van der Waals surface area contributed by atoms with Gasteiger partial charge >= 0.3 is 5.69 Å². The molecule has 7 heteroatoms. The molecular weight excluding hydrogens is 358 g/mol. The Morgan fingerprint density at radius 2 is 1.75 bits per heavy atom. The first-order chi connectivity index (χ1) is 13.3. The maximum absolute atomic E-state index is 13.3. The smallest absolute Gasteiger partial charge is 0.336 e. The highest BCUT2D eigenvalue weighted by molar-refractivity contribution is 5.84. The summed E-state index contributed by atoms with van der Waals surface area (Å²) in [5, 5.41) is 3.17. The summed E-state index contributed by atoms with van der Waals surface area (Å²) in [7, 11) is 1.51. The molecule has 3 aromatic rings. The summed E-state index contributed by atoms with van der Waals surface area (Å²) in [4.78, 5) is 39.0. The molecule has 0 saturated heterocycles. The van der Waals surface area contributed by atoms with Crippen LogP contribution in [0.15, 0.2) is 58.1 Å². The Hall–Kier alpha value is -3.35.